The minimum Gasteiger partial charge on any atom is -0.376 e. The Morgan fingerprint density at radius 3 is 1.79 bits per heavy atom. The summed E-state index contributed by atoms with van der Waals surface area (Å²) in [6.07, 6.45) is 2.35. The number of carbonyl (C=O) groups excluding carboxylic acids is 2. The number of aliphatic hydroxyl groups is 1. The molecule has 0 rings (SSSR count). The van der Waals surface area contributed by atoms with E-state index in [4.69, 9.17) is 5.11 Å². The Kier molecular flexibility index (Phi) is 12.1. The van der Waals surface area contributed by atoms with Crippen LogP contribution < -0.4 is 10.6 Å². The standard InChI is InChI=1S/C5H9NO.C4H7NO2/c1-3-5(7)6-4-2;1-2-4(7)5-3-6/h3H,1,4H2,2H3,(H,6,7);2,6H,1,3H2,(H,5,7). The molecule has 0 bridgehead atoms. The van der Waals surface area contributed by atoms with Gasteiger partial charge in [-0.1, -0.05) is 13.2 Å². The monoisotopic (exact) mass is 200 g/mol. The number of hydrogen-bond acceptors (Lipinski definition) is 3. The van der Waals surface area contributed by atoms with Crippen molar-refractivity contribution in [3.63, 3.8) is 0 Å². The molecule has 0 unspecified atom stereocenters. The lowest BCUT2D eigenvalue weighted by atomic mass is 10.6. The average Bonchev–Trinajstić information content (AvgIpc) is 2.19. The number of aliphatic hydroxyl groups excluding tert-OH is 1. The summed E-state index contributed by atoms with van der Waals surface area (Å²) >= 11 is 0. The molecule has 0 aromatic rings. The van der Waals surface area contributed by atoms with Crippen LogP contribution in [0.4, 0.5) is 0 Å². The molecule has 0 spiro atoms. The van der Waals surface area contributed by atoms with Crippen LogP contribution in [-0.2, 0) is 9.59 Å². The van der Waals surface area contributed by atoms with E-state index in [2.05, 4.69) is 23.8 Å². The first-order valence-corrected chi connectivity index (χ1v) is 4.03. The minimum absolute atomic E-state index is 0.109. The smallest absolute Gasteiger partial charge is 0.245 e. The van der Waals surface area contributed by atoms with Crippen LogP contribution in [0.3, 0.4) is 0 Å². The molecule has 0 aromatic heterocycles. The van der Waals surface area contributed by atoms with Crippen molar-refractivity contribution >= 4 is 11.8 Å². The van der Waals surface area contributed by atoms with Gasteiger partial charge in [0.05, 0.1) is 0 Å². The summed E-state index contributed by atoms with van der Waals surface area (Å²) in [5.74, 6) is -0.468. The van der Waals surface area contributed by atoms with Gasteiger partial charge < -0.3 is 15.7 Å². The van der Waals surface area contributed by atoms with Gasteiger partial charge in [-0.2, -0.15) is 0 Å². The van der Waals surface area contributed by atoms with Crippen LogP contribution >= 0.6 is 0 Å². The summed E-state index contributed by atoms with van der Waals surface area (Å²) in [7, 11) is 0. The molecule has 0 saturated carbocycles. The Balaban J connectivity index is 0. The fourth-order valence-corrected chi connectivity index (χ4v) is 0.396. The van der Waals surface area contributed by atoms with Crippen molar-refractivity contribution < 1.29 is 14.7 Å². The van der Waals surface area contributed by atoms with Gasteiger partial charge in [-0.3, -0.25) is 9.59 Å². The van der Waals surface area contributed by atoms with E-state index >= 15 is 0 Å². The van der Waals surface area contributed by atoms with Gasteiger partial charge in [-0.15, -0.1) is 0 Å². The van der Waals surface area contributed by atoms with Crippen LogP contribution in [0.2, 0.25) is 0 Å². The molecule has 80 valence electrons. The Morgan fingerprint density at radius 1 is 1.21 bits per heavy atom. The molecule has 0 aliphatic carbocycles. The van der Waals surface area contributed by atoms with E-state index < -0.39 is 0 Å². The topological polar surface area (TPSA) is 78.4 Å². The summed E-state index contributed by atoms with van der Waals surface area (Å²) in [5.41, 5.74) is 0. The highest BCUT2D eigenvalue weighted by Gasteiger charge is 1.84. The molecule has 0 radical (unpaired) electrons. The molecule has 0 saturated heterocycles. The van der Waals surface area contributed by atoms with Crippen LogP contribution in [0, 0.1) is 0 Å². The number of nitrogens with one attached hydrogen (secondary N) is 2. The molecular weight excluding hydrogens is 184 g/mol. The fraction of sp³-hybridized carbons (Fsp3) is 0.333. The Morgan fingerprint density at radius 2 is 1.64 bits per heavy atom. The van der Waals surface area contributed by atoms with E-state index in [9.17, 15) is 9.59 Å². The summed E-state index contributed by atoms with van der Waals surface area (Å²) in [5, 5.41) is 12.6. The zero-order valence-corrected chi connectivity index (χ0v) is 8.25. The molecule has 0 atom stereocenters. The first-order valence-electron chi connectivity index (χ1n) is 4.03. The van der Waals surface area contributed by atoms with Gasteiger partial charge in [0.1, 0.15) is 6.73 Å². The lowest BCUT2D eigenvalue weighted by molar-refractivity contribution is -0.118. The third kappa shape index (κ3) is 13.0. The highest BCUT2D eigenvalue weighted by Crippen LogP contribution is 1.61. The third-order valence-corrected chi connectivity index (χ3v) is 0.975. The van der Waals surface area contributed by atoms with Gasteiger partial charge in [0.15, 0.2) is 0 Å². The van der Waals surface area contributed by atoms with Crippen molar-refractivity contribution in [2.45, 2.75) is 6.92 Å². The number of carbonyl (C=O) groups is 2. The lowest BCUT2D eigenvalue weighted by Crippen LogP contribution is -2.20. The SMILES string of the molecule is C=CC(=O)NCC.C=CC(=O)NCO. The summed E-state index contributed by atoms with van der Waals surface area (Å²) in [6.45, 7) is 8.63. The molecule has 0 aliphatic rings. The van der Waals surface area contributed by atoms with E-state index in [-0.39, 0.29) is 18.5 Å². The van der Waals surface area contributed by atoms with E-state index in [0.717, 1.165) is 6.08 Å². The molecule has 5 nitrogen and oxygen atoms in total. The Hall–Kier alpha value is -1.62. The minimum atomic E-state index is -0.359. The van der Waals surface area contributed by atoms with Crippen LogP contribution in [-0.4, -0.2) is 30.2 Å². The molecule has 0 aliphatic heterocycles. The van der Waals surface area contributed by atoms with Crippen molar-refractivity contribution in [1.29, 1.82) is 0 Å². The maximum Gasteiger partial charge on any atom is 0.245 e. The zero-order chi connectivity index (χ0) is 11.4. The van der Waals surface area contributed by atoms with E-state index in [1.54, 1.807) is 0 Å². The molecule has 0 fully saturated rings. The molecule has 0 aromatic carbocycles. The maximum atomic E-state index is 10.2. The van der Waals surface area contributed by atoms with E-state index in [0.29, 0.717) is 6.54 Å². The largest absolute Gasteiger partial charge is 0.376 e. The molecule has 3 N–H and O–H groups in total. The van der Waals surface area contributed by atoms with Crippen molar-refractivity contribution in [1.82, 2.24) is 10.6 Å². The second-order valence-electron chi connectivity index (χ2n) is 2.00. The normalized spacial score (nSPS) is 7.57. The first-order chi connectivity index (χ1) is 6.62. The molecule has 5 heteroatoms. The van der Waals surface area contributed by atoms with Gasteiger partial charge in [0.25, 0.3) is 0 Å². The quantitative estimate of drug-likeness (QED) is 0.424. The number of hydrogen-bond donors (Lipinski definition) is 3. The summed E-state index contributed by atoms with van der Waals surface area (Å²) < 4.78 is 0. The van der Waals surface area contributed by atoms with Crippen molar-refractivity contribution in [2.75, 3.05) is 13.3 Å². The first kappa shape index (κ1) is 14.9. The number of rotatable bonds is 4. The van der Waals surface area contributed by atoms with Crippen LogP contribution in [0.25, 0.3) is 0 Å². The Bertz CT molecular complexity index is 180. The fourth-order valence-electron chi connectivity index (χ4n) is 0.396. The molecular formula is C9H16N2O3. The molecule has 0 heterocycles. The van der Waals surface area contributed by atoms with Crippen molar-refractivity contribution in [3.05, 3.63) is 25.3 Å². The highest BCUT2D eigenvalue weighted by molar-refractivity contribution is 5.86. The van der Waals surface area contributed by atoms with Gasteiger partial charge in [0.2, 0.25) is 11.8 Å². The molecule has 2 amide bonds. The average molecular weight is 200 g/mol. The van der Waals surface area contributed by atoms with Gasteiger partial charge in [-0.05, 0) is 19.1 Å². The third-order valence-electron chi connectivity index (χ3n) is 0.975. The van der Waals surface area contributed by atoms with Crippen molar-refractivity contribution in [3.8, 4) is 0 Å². The van der Waals surface area contributed by atoms with Crippen LogP contribution in [0.1, 0.15) is 6.92 Å². The van der Waals surface area contributed by atoms with Crippen LogP contribution in [0.15, 0.2) is 25.3 Å². The Labute approximate surface area is 83.5 Å². The maximum absolute atomic E-state index is 10.2. The van der Waals surface area contributed by atoms with E-state index in [1.807, 2.05) is 6.92 Å². The second-order valence-corrected chi connectivity index (χ2v) is 2.00. The molecule has 14 heavy (non-hydrogen) atoms. The highest BCUT2D eigenvalue weighted by atomic mass is 16.3. The van der Waals surface area contributed by atoms with Crippen LogP contribution in [0.5, 0.6) is 0 Å². The number of likely N-dealkylation sites (N-methyl/N-ethyl adjacent to an activating group) is 1. The summed E-state index contributed by atoms with van der Waals surface area (Å²) in [4.78, 5) is 20.2. The lowest BCUT2D eigenvalue weighted by Gasteiger charge is -1.90. The van der Waals surface area contributed by atoms with E-state index in [1.165, 1.54) is 6.08 Å². The summed E-state index contributed by atoms with van der Waals surface area (Å²) in [6, 6.07) is 0. The van der Waals surface area contributed by atoms with Gasteiger partial charge >= 0.3 is 0 Å². The van der Waals surface area contributed by atoms with Gasteiger partial charge in [0, 0.05) is 6.54 Å². The zero-order valence-electron chi connectivity index (χ0n) is 8.25. The van der Waals surface area contributed by atoms with Crippen molar-refractivity contribution in [2.24, 2.45) is 0 Å². The number of amides is 2. The predicted molar refractivity (Wildman–Crippen MR) is 54.3 cm³/mol. The predicted octanol–water partition coefficient (Wildman–Crippen LogP) is -0.453. The second kappa shape index (κ2) is 11.4. The van der Waals surface area contributed by atoms with Gasteiger partial charge in [-0.25, -0.2) is 0 Å².